The van der Waals surface area contributed by atoms with E-state index in [9.17, 15) is 4.79 Å². The van der Waals surface area contributed by atoms with Crippen molar-refractivity contribution in [3.05, 3.63) is 95.5 Å². The molecule has 2 heterocycles. The van der Waals surface area contributed by atoms with Gasteiger partial charge in [0.05, 0.1) is 6.10 Å². The van der Waals surface area contributed by atoms with Crippen molar-refractivity contribution < 1.29 is 18.3 Å². The second kappa shape index (κ2) is 12.9. The van der Waals surface area contributed by atoms with Gasteiger partial charge in [-0.25, -0.2) is 4.72 Å². The molecule has 3 atom stereocenters. The number of likely N-dealkylation sites (tertiary alicyclic amines) is 1. The Labute approximate surface area is 271 Å². The van der Waals surface area contributed by atoms with E-state index in [0.29, 0.717) is 24.0 Å². The number of rotatable bonds is 9. The normalized spacial score (nSPS) is 20.9. The Hall–Kier alpha value is -3.17. The maximum Gasteiger partial charge on any atom is 0.298 e. The maximum absolute atomic E-state index is 16.5. The average Bonchev–Trinajstić information content (AvgIpc) is 3.81. The summed E-state index contributed by atoms with van der Waals surface area (Å²) in [7, 11) is 0. The lowest BCUT2D eigenvalue weighted by molar-refractivity contribution is -0.145. The van der Waals surface area contributed by atoms with E-state index in [1.807, 2.05) is 48.5 Å². The summed E-state index contributed by atoms with van der Waals surface area (Å²) in [6, 6.07) is 23.4. The molecule has 7 rings (SSSR count). The molecule has 3 fully saturated rings. The van der Waals surface area contributed by atoms with E-state index in [1.54, 1.807) is 29.2 Å². The van der Waals surface area contributed by atoms with E-state index in [4.69, 9.17) is 16.3 Å². The Kier molecular flexibility index (Phi) is 8.75. The molecular weight excluding hydrogens is 612 g/mol. The van der Waals surface area contributed by atoms with Gasteiger partial charge in [-0.05, 0) is 108 Å². The molecular formula is C36H36ClF2N3O2S. The Balaban J connectivity index is 1.12. The summed E-state index contributed by atoms with van der Waals surface area (Å²) in [4.78, 5) is 16.4. The molecule has 0 radical (unpaired) electrons. The predicted octanol–water partition coefficient (Wildman–Crippen LogP) is 8.06. The Morgan fingerprint density at radius 3 is 2.36 bits per heavy atom. The molecule has 0 spiro atoms. The zero-order valence-corrected chi connectivity index (χ0v) is 26.4. The van der Waals surface area contributed by atoms with Crippen LogP contribution in [0.2, 0.25) is 5.02 Å². The summed E-state index contributed by atoms with van der Waals surface area (Å²) in [5.41, 5.74) is 1.46. The number of nitrogens with zero attached hydrogens (tertiary/aromatic N) is 1. The number of hydrogen-bond donors (Lipinski definition) is 2. The number of fused-ring (bicyclic) bond motifs is 2. The number of ether oxygens (including phenoxy) is 1. The van der Waals surface area contributed by atoms with Crippen LogP contribution in [-0.2, 0) is 10.7 Å². The van der Waals surface area contributed by atoms with Gasteiger partial charge in [0.15, 0.2) is 6.04 Å². The summed E-state index contributed by atoms with van der Waals surface area (Å²) in [6.45, 7) is 1.94. The molecule has 0 aromatic heterocycles. The number of carbonyl (C=O) groups is 1. The van der Waals surface area contributed by atoms with Crippen molar-refractivity contribution >= 4 is 40.2 Å². The van der Waals surface area contributed by atoms with Crippen LogP contribution in [0.4, 0.5) is 8.78 Å². The second-order valence-electron chi connectivity index (χ2n) is 12.4. The standard InChI is InChI=1S/C36H36ClF2N3O2S/c37-29-13-7-24(8-14-29)23-5-11-28(12-6-23)36(38,39)34(35(43)42-18-17-27-21-40-22-33(27)42)41-45-32-16-10-25-19-31(15-9-26(25)20-32)44-30-3-1-2-4-30/h5-16,19-20,27,30,33-34,40-41H,1-4,17-18,21-22H2. The minimum absolute atomic E-state index is 0.0591. The van der Waals surface area contributed by atoms with Gasteiger partial charge >= 0.3 is 0 Å². The van der Waals surface area contributed by atoms with Crippen LogP contribution < -0.4 is 14.8 Å². The summed E-state index contributed by atoms with van der Waals surface area (Å²) in [6.07, 6.45) is 5.69. The third-order valence-corrected chi connectivity index (χ3v) is 10.6. The lowest BCUT2D eigenvalue weighted by Crippen LogP contribution is -2.54. The Morgan fingerprint density at radius 1 is 0.911 bits per heavy atom. The van der Waals surface area contributed by atoms with Crippen molar-refractivity contribution in [2.45, 2.75) is 61.1 Å². The highest BCUT2D eigenvalue weighted by atomic mass is 35.5. The third-order valence-electron chi connectivity index (χ3n) is 9.47. The van der Waals surface area contributed by atoms with Gasteiger partial charge in [-0.2, -0.15) is 8.78 Å². The number of alkyl halides is 2. The quantitative estimate of drug-likeness (QED) is 0.180. The van der Waals surface area contributed by atoms with E-state index in [1.165, 1.54) is 25.0 Å². The molecule has 3 unspecified atom stereocenters. The zero-order chi connectivity index (χ0) is 31.0. The molecule has 2 saturated heterocycles. The molecule has 1 aliphatic carbocycles. The average molecular weight is 648 g/mol. The van der Waals surface area contributed by atoms with Gasteiger partial charge in [0.1, 0.15) is 5.75 Å². The van der Waals surface area contributed by atoms with E-state index in [0.717, 1.165) is 70.3 Å². The molecule has 1 saturated carbocycles. The lowest BCUT2D eigenvalue weighted by atomic mass is 9.97. The van der Waals surface area contributed by atoms with Crippen LogP contribution in [0.3, 0.4) is 0 Å². The Morgan fingerprint density at radius 2 is 1.60 bits per heavy atom. The van der Waals surface area contributed by atoms with Crippen molar-refractivity contribution in [2.75, 3.05) is 19.6 Å². The molecule has 2 aliphatic heterocycles. The highest BCUT2D eigenvalue weighted by Crippen LogP contribution is 2.38. The number of halogens is 3. The molecule has 2 N–H and O–H groups in total. The first-order valence-corrected chi connectivity index (χ1v) is 16.9. The molecule has 3 aliphatic rings. The van der Waals surface area contributed by atoms with Crippen LogP contribution in [-0.4, -0.2) is 48.6 Å². The molecule has 9 heteroatoms. The van der Waals surface area contributed by atoms with Gasteiger partial charge in [-0.15, -0.1) is 0 Å². The highest BCUT2D eigenvalue weighted by Gasteiger charge is 2.51. The summed E-state index contributed by atoms with van der Waals surface area (Å²) < 4.78 is 42.0. The molecule has 234 valence electrons. The lowest BCUT2D eigenvalue weighted by Gasteiger charge is -2.33. The summed E-state index contributed by atoms with van der Waals surface area (Å²) in [5.74, 6) is -2.88. The van der Waals surface area contributed by atoms with Crippen LogP contribution >= 0.6 is 23.5 Å². The Bertz CT molecular complexity index is 1660. The minimum atomic E-state index is -3.46. The van der Waals surface area contributed by atoms with Gasteiger partial charge in [-0.3, -0.25) is 4.79 Å². The number of benzene rings is 4. The fourth-order valence-electron chi connectivity index (χ4n) is 6.93. The third kappa shape index (κ3) is 6.43. The summed E-state index contributed by atoms with van der Waals surface area (Å²) >= 11 is 7.09. The van der Waals surface area contributed by atoms with Crippen LogP contribution in [0, 0.1) is 5.92 Å². The number of nitrogens with one attached hydrogen (secondary N) is 2. The van der Waals surface area contributed by atoms with Gasteiger partial charge in [0.25, 0.3) is 5.92 Å². The van der Waals surface area contributed by atoms with E-state index >= 15 is 8.78 Å². The highest BCUT2D eigenvalue weighted by molar-refractivity contribution is 7.97. The van der Waals surface area contributed by atoms with Crippen molar-refractivity contribution in [1.82, 2.24) is 14.9 Å². The van der Waals surface area contributed by atoms with Crippen LogP contribution in [0.5, 0.6) is 5.75 Å². The monoisotopic (exact) mass is 647 g/mol. The number of hydrogen-bond acceptors (Lipinski definition) is 5. The number of carbonyl (C=O) groups excluding carboxylic acids is 1. The van der Waals surface area contributed by atoms with E-state index in [2.05, 4.69) is 10.0 Å². The molecule has 0 bridgehead atoms. The van der Waals surface area contributed by atoms with Gasteiger partial charge in [-0.1, -0.05) is 60.1 Å². The van der Waals surface area contributed by atoms with E-state index < -0.39 is 17.9 Å². The van der Waals surface area contributed by atoms with Gasteiger partial charge in [0.2, 0.25) is 5.91 Å². The molecule has 5 nitrogen and oxygen atoms in total. The molecule has 45 heavy (non-hydrogen) atoms. The minimum Gasteiger partial charge on any atom is -0.490 e. The fraction of sp³-hybridized carbons (Fsp3) is 0.361. The van der Waals surface area contributed by atoms with Gasteiger partial charge in [0, 0.05) is 41.2 Å². The van der Waals surface area contributed by atoms with Crippen molar-refractivity contribution in [3.8, 4) is 16.9 Å². The fourth-order valence-corrected chi connectivity index (χ4v) is 7.88. The largest absolute Gasteiger partial charge is 0.490 e. The molecule has 1 amide bonds. The van der Waals surface area contributed by atoms with Crippen molar-refractivity contribution in [2.24, 2.45) is 5.92 Å². The van der Waals surface area contributed by atoms with Gasteiger partial charge < -0.3 is 15.0 Å². The first-order chi connectivity index (χ1) is 21.8. The number of amides is 1. The van der Waals surface area contributed by atoms with Crippen LogP contribution in [0.1, 0.15) is 37.7 Å². The zero-order valence-electron chi connectivity index (χ0n) is 24.9. The summed E-state index contributed by atoms with van der Waals surface area (Å²) in [5, 5.41) is 5.93. The van der Waals surface area contributed by atoms with Crippen molar-refractivity contribution in [3.63, 3.8) is 0 Å². The first-order valence-electron chi connectivity index (χ1n) is 15.7. The van der Waals surface area contributed by atoms with E-state index in [-0.39, 0.29) is 17.7 Å². The smallest absolute Gasteiger partial charge is 0.298 e. The predicted molar refractivity (Wildman–Crippen MR) is 177 cm³/mol. The maximum atomic E-state index is 16.5. The molecule has 4 aromatic rings. The molecule has 4 aromatic carbocycles. The second-order valence-corrected chi connectivity index (χ2v) is 13.7. The topological polar surface area (TPSA) is 53.6 Å². The van der Waals surface area contributed by atoms with Crippen molar-refractivity contribution in [1.29, 1.82) is 0 Å². The first kappa shape index (κ1) is 30.5. The van der Waals surface area contributed by atoms with Crippen LogP contribution in [0.25, 0.3) is 21.9 Å². The SMILES string of the molecule is O=C(C(NSc1ccc2cc(OC3CCCC3)ccc2c1)C(F)(F)c1ccc(-c2ccc(Cl)cc2)cc1)N1CCC2CNCC21. The van der Waals surface area contributed by atoms with Crippen LogP contribution in [0.15, 0.2) is 89.8 Å².